The smallest absolute Gasteiger partial charge is 0.218 e. The Labute approximate surface area is 147 Å². The van der Waals surface area contributed by atoms with Crippen LogP contribution in [0.3, 0.4) is 0 Å². The average Bonchev–Trinajstić information content (AvgIpc) is 2.64. The van der Waals surface area contributed by atoms with Crippen LogP contribution in [0.1, 0.15) is 11.1 Å². The number of aromatic nitrogens is 1. The molecule has 0 atom stereocenters. The van der Waals surface area contributed by atoms with Crippen LogP contribution in [0.25, 0.3) is 0 Å². The van der Waals surface area contributed by atoms with Crippen LogP contribution in [0.5, 0.6) is 5.88 Å². The number of rotatable bonds is 8. The van der Waals surface area contributed by atoms with Crippen LogP contribution in [0.2, 0.25) is 0 Å². The van der Waals surface area contributed by atoms with Crippen LogP contribution in [-0.4, -0.2) is 38.3 Å². The Kier molecular flexibility index (Phi) is 7.65. The molecule has 1 heterocycles. The Hall–Kier alpha value is -2.67. The van der Waals surface area contributed by atoms with E-state index in [1.54, 1.807) is 38.6 Å². The van der Waals surface area contributed by atoms with Gasteiger partial charge in [-0.2, -0.15) is 0 Å². The second kappa shape index (κ2) is 10.2. The highest BCUT2D eigenvalue weighted by molar-refractivity contribution is 5.79. The first-order chi connectivity index (χ1) is 12.2. The number of hydrogen-bond donors (Lipinski definition) is 2. The van der Waals surface area contributed by atoms with Crippen LogP contribution in [0.15, 0.2) is 47.6 Å². The van der Waals surface area contributed by atoms with Crippen molar-refractivity contribution in [3.8, 4) is 5.88 Å². The molecule has 0 saturated heterocycles. The summed E-state index contributed by atoms with van der Waals surface area (Å²) in [4.78, 5) is 8.38. The fraction of sp³-hybridized carbons (Fsp3) is 0.333. The number of aliphatic imine (C=N–C) groups is 1. The molecule has 0 radical (unpaired) electrons. The number of halogens is 1. The highest BCUT2D eigenvalue weighted by Crippen LogP contribution is 2.13. The van der Waals surface area contributed by atoms with Gasteiger partial charge in [0.2, 0.25) is 5.88 Å². The van der Waals surface area contributed by atoms with Crippen molar-refractivity contribution < 1.29 is 13.9 Å². The topological polar surface area (TPSA) is 67.8 Å². The molecular weight excluding hydrogens is 323 g/mol. The maximum absolute atomic E-state index is 13.7. The van der Waals surface area contributed by atoms with Gasteiger partial charge in [-0.1, -0.05) is 24.3 Å². The molecule has 1 aromatic heterocycles. The summed E-state index contributed by atoms with van der Waals surface area (Å²) in [5.74, 6) is 0.873. The number of nitrogens with zero attached hydrogens (tertiary/aromatic N) is 2. The van der Waals surface area contributed by atoms with Gasteiger partial charge in [0.1, 0.15) is 12.4 Å². The Morgan fingerprint density at radius 3 is 2.52 bits per heavy atom. The maximum Gasteiger partial charge on any atom is 0.218 e. The quantitative estimate of drug-likeness (QED) is 0.435. The van der Waals surface area contributed by atoms with E-state index in [0.717, 1.165) is 5.56 Å². The highest BCUT2D eigenvalue weighted by Gasteiger charge is 2.07. The molecule has 2 N–H and O–H groups in total. The predicted molar refractivity (Wildman–Crippen MR) is 95.0 cm³/mol. The average molecular weight is 346 g/mol. The van der Waals surface area contributed by atoms with Gasteiger partial charge in [0.15, 0.2) is 5.96 Å². The summed E-state index contributed by atoms with van der Waals surface area (Å²) in [5.41, 5.74) is 1.47. The van der Waals surface area contributed by atoms with Crippen molar-refractivity contribution >= 4 is 5.96 Å². The second-order valence-electron chi connectivity index (χ2n) is 5.18. The molecule has 0 fully saturated rings. The molecule has 25 heavy (non-hydrogen) atoms. The third kappa shape index (κ3) is 6.04. The fourth-order valence-corrected chi connectivity index (χ4v) is 2.13. The lowest BCUT2D eigenvalue weighted by molar-refractivity contribution is 0.143. The Bertz CT molecular complexity index is 694. The second-order valence-corrected chi connectivity index (χ2v) is 5.18. The number of nitrogens with one attached hydrogen (secondary N) is 2. The molecule has 7 heteroatoms. The van der Waals surface area contributed by atoms with Gasteiger partial charge in [0.25, 0.3) is 0 Å². The summed E-state index contributed by atoms with van der Waals surface area (Å²) in [7, 11) is 3.28. The molecule has 0 saturated carbocycles. The summed E-state index contributed by atoms with van der Waals surface area (Å²) in [5, 5.41) is 6.26. The first kappa shape index (κ1) is 18.7. The van der Waals surface area contributed by atoms with Gasteiger partial charge in [0.05, 0.1) is 6.61 Å². The van der Waals surface area contributed by atoms with Gasteiger partial charge in [-0.15, -0.1) is 0 Å². The minimum atomic E-state index is -0.244. The van der Waals surface area contributed by atoms with E-state index in [0.29, 0.717) is 43.7 Å². The van der Waals surface area contributed by atoms with E-state index >= 15 is 0 Å². The van der Waals surface area contributed by atoms with E-state index in [1.165, 1.54) is 6.07 Å². The minimum Gasteiger partial charge on any atom is -0.475 e. The third-order valence-electron chi connectivity index (χ3n) is 3.45. The number of guanidine groups is 1. The largest absolute Gasteiger partial charge is 0.475 e. The van der Waals surface area contributed by atoms with E-state index in [1.807, 2.05) is 12.1 Å². The zero-order chi connectivity index (χ0) is 17.9. The van der Waals surface area contributed by atoms with Crippen molar-refractivity contribution in [2.24, 2.45) is 4.99 Å². The molecule has 0 unspecified atom stereocenters. The van der Waals surface area contributed by atoms with Crippen LogP contribution in [-0.2, 0) is 17.8 Å². The molecule has 0 spiro atoms. The summed E-state index contributed by atoms with van der Waals surface area (Å²) in [6.07, 6.45) is 1.68. The molecule has 0 bridgehead atoms. The Morgan fingerprint density at radius 1 is 1.08 bits per heavy atom. The third-order valence-corrected chi connectivity index (χ3v) is 3.45. The van der Waals surface area contributed by atoms with E-state index in [-0.39, 0.29) is 5.82 Å². The highest BCUT2D eigenvalue weighted by atomic mass is 19.1. The predicted octanol–water partition coefficient (Wildman–Crippen LogP) is 2.11. The molecule has 2 rings (SSSR count). The molecule has 6 nitrogen and oxygen atoms in total. The van der Waals surface area contributed by atoms with Crippen molar-refractivity contribution in [3.05, 3.63) is 59.5 Å². The standard InChI is InChI=1S/C18H23FN4O2/c1-20-18(22-12-14-6-3-4-8-16(14)19)23-13-15-7-5-9-21-17(15)25-11-10-24-2/h3-9H,10-13H2,1-2H3,(H2,20,22,23). The molecule has 0 amide bonds. The van der Waals surface area contributed by atoms with Crippen molar-refractivity contribution in [1.29, 1.82) is 0 Å². The number of hydrogen-bond acceptors (Lipinski definition) is 4. The number of pyridine rings is 1. The van der Waals surface area contributed by atoms with Crippen molar-refractivity contribution in [2.45, 2.75) is 13.1 Å². The molecule has 2 aromatic rings. The summed E-state index contributed by atoms with van der Waals surface area (Å²) in [6.45, 7) is 1.75. The normalized spacial score (nSPS) is 11.2. The first-order valence-electron chi connectivity index (χ1n) is 7.98. The molecule has 134 valence electrons. The van der Waals surface area contributed by atoms with Gasteiger partial charge in [-0.25, -0.2) is 9.37 Å². The minimum absolute atomic E-state index is 0.244. The Morgan fingerprint density at radius 2 is 1.80 bits per heavy atom. The number of ether oxygens (including phenoxy) is 2. The first-order valence-corrected chi connectivity index (χ1v) is 7.98. The SMILES string of the molecule is CN=C(NCc1ccccc1F)NCc1cccnc1OCCOC. The van der Waals surface area contributed by atoms with E-state index < -0.39 is 0 Å². The fourth-order valence-electron chi connectivity index (χ4n) is 2.13. The molecule has 0 aliphatic rings. The van der Waals surface area contributed by atoms with E-state index in [9.17, 15) is 4.39 Å². The van der Waals surface area contributed by atoms with Gasteiger partial charge >= 0.3 is 0 Å². The maximum atomic E-state index is 13.7. The van der Waals surface area contributed by atoms with Crippen LogP contribution in [0.4, 0.5) is 4.39 Å². The van der Waals surface area contributed by atoms with Gasteiger partial charge in [-0.3, -0.25) is 4.99 Å². The summed E-state index contributed by atoms with van der Waals surface area (Å²) >= 11 is 0. The zero-order valence-electron chi connectivity index (χ0n) is 14.5. The number of methoxy groups -OCH3 is 1. The van der Waals surface area contributed by atoms with Crippen LogP contribution < -0.4 is 15.4 Å². The van der Waals surface area contributed by atoms with Crippen LogP contribution in [0, 0.1) is 5.82 Å². The van der Waals surface area contributed by atoms with E-state index in [4.69, 9.17) is 9.47 Å². The molecule has 1 aromatic carbocycles. The lowest BCUT2D eigenvalue weighted by Gasteiger charge is -2.14. The lowest BCUT2D eigenvalue weighted by Crippen LogP contribution is -2.36. The Balaban J connectivity index is 1.89. The van der Waals surface area contributed by atoms with E-state index in [2.05, 4.69) is 20.6 Å². The van der Waals surface area contributed by atoms with Crippen molar-refractivity contribution in [3.63, 3.8) is 0 Å². The van der Waals surface area contributed by atoms with Gasteiger partial charge in [0, 0.05) is 44.6 Å². The summed E-state index contributed by atoms with van der Waals surface area (Å²) < 4.78 is 24.2. The van der Waals surface area contributed by atoms with Crippen molar-refractivity contribution in [1.82, 2.24) is 15.6 Å². The number of benzene rings is 1. The molecular formula is C18H23FN4O2. The van der Waals surface area contributed by atoms with Crippen molar-refractivity contribution in [2.75, 3.05) is 27.4 Å². The molecule has 0 aliphatic carbocycles. The van der Waals surface area contributed by atoms with Gasteiger partial charge < -0.3 is 20.1 Å². The molecule has 0 aliphatic heterocycles. The summed E-state index contributed by atoms with van der Waals surface area (Å²) in [6, 6.07) is 10.4. The lowest BCUT2D eigenvalue weighted by atomic mass is 10.2. The van der Waals surface area contributed by atoms with Crippen LogP contribution >= 0.6 is 0 Å². The van der Waals surface area contributed by atoms with Gasteiger partial charge in [-0.05, 0) is 12.1 Å². The zero-order valence-corrected chi connectivity index (χ0v) is 14.5. The monoisotopic (exact) mass is 346 g/mol.